The Kier molecular flexibility index (Phi) is 8.08. The lowest BCUT2D eigenvalue weighted by molar-refractivity contribution is -0.151. The van der Waals surface area contributed by atoms with E-state index in [1.54, 1.807) is 0 Å². The molecule has 0 saturated carbocycles. The Morgan fingerprint density at radius 2 is 1.90 bits per heavy atom. The van der Waals surface area contributed by atoms with E-state index in [4.69, 9.17) is 39.5 Å². The first kappa shape index (κ1) is 24.4. The van der Waals surface area contributed by atoms with Crippen LogP contribution in [0.5, 0.6) is 0 Å². The molecular weight excluding hydrogens is 491 g/mol. The number of nitrogens with zero attached hydrogens (tertiary/aromatic N) is 1. The van der Waals surface area contributed by atoms with E-state index < -0.39 is 58.3 Å². The Bertz CT molecular complexity index is 799. The van der Waals surface area contributed by atoms with Crippen LogP contribution in [0.4, 0.5) is 4.79 Å². The van der Waals surface area contributed by atoms with Crippen LogP contribution in [0, 0.1) is 0 Å². The molecule has 0 aromatic carbocycles. The average Bonchev–Trinajstić information content (AvgIpc) is 2.65. The standard InChI is InChI=1S/C15H15Cl3N2O9S/c1-6(21)27-2-7-4-30-12-9(11(23)20(12)10(7)13(24)25)19-8(22)3-28-14(26)29-5-15(16,17)18/h9,12H,2-5H2,1H3,(H,19,22)(H,24,25)/t9-,12-/m1/s1. The number of carbonyl (C=O) groups is 5. The van der Waals surface area contributed by atoms with E-state index in [1.165, 1.54) is 18.7 Å². The molecule has 1 saturated heterocycles. The van der Waals surface area contributed by atoms with Crippen LogP contribution in [0.25, 0.3) is 0 Å². The molecule has 2 N–H and O–H groups in total. The van der Waals surface area contributed by atoms with Gasteiger partial charge in [0.1, 0.15) is 30.3 Å². The number of rotatable bonds is 7. The average molecular weight is 506 g/mol. The Morgan fingerprint density at radius 3 is 2.47 bits per heavy atom. The first-order valence-corrected chi connectivity index (χ1v) is 10.3. The third-order valence-corrected chi connectivity index (χ3v) is 5.36. The van der Waals surface area contributed by atoms with Crippen molar-refractivity contribution in [2.45, 2.75) is 22.1 Å². The number of halogens is 3. The zero-order chi connectivity index (χ0) is 22.6. The largest absolute Gasteiger partial charge is 0.508 e. The summed E-state index contributed by atoms with van der Waals surface area (Å²) in [6.07, 6.45) is -1.25. The van der Waals surface area contributed by atoms with E-state index in [1.807, 2.05) is 0 Å². The molecule has 30 heavy (non-hydrogen) atoms. The molecule has 2 aliphatic rings. The van der Waals surface area contributed by atoms with Crippen LogP contribution in [0.1, 0.15) is 6.92 Å². The fourth-order valence-electron chi connectivity index (χ4n) is 2.51. The summed E-state index contributed by atoms with van der Waals surface area (Å²) < 4.78 is 12.0. The van der Waals surface area contributed by atoms with Crippen molar-refractivity contribution < 1.29 is 43.3 Å². The van der Waals surface area contributed by atoms with Gasteiger partial charge >= 0.3 is 18.1 Å². The number of fused-ring (bicyclic) bond motifs is 1. The van der Waals surface area contributed by atoms with Gasteiger partial charge in [0.15, 0.2) is 6.61 Å². The SMILES string of the molecule is CC(=O)OCC1=C(C(=O)O)N2C(=O)[C@@H](NC(=O)COC(=O)OCC(Cl)(Cl)Cl)[C@H]2SC1. The second-order valence-corrected chi connectivity index (χ2v) is 9.56. The first-order chi connectivity index (χ1) is 13.9. The number of aliphatic carboxylic acids is 1. The molecule has 0 aliphatic carbocycles. The fourth-order valence-corrected chi connectivity index (χ4v) is 4.00. The first-order valence-electron chi connectivity index (χ1n) is 8.09. The minimum Gasteiger partial charge on any atom is -0.477 e. The van der Waals surface area contributed by atoms with Crippen LogP contribution < -0.4 is 5.32 Å². The predicted molar refractivity (Wildman–Crippen MR) is 104 cm³/mol. The molecule has 0 radical (unpaired) electrons. The zero-order valence-corrected chi connectivity index (χ0v) is 18.3. The minimum absolute atomic E-state index is 0.176. The zero-order valence-electron chi connectivity index (χ0n) is 15.2. The van der Waals surface area contributed by atoms with Crippen molar-refractivity contribution in [3.05, 3.63) is 11.3 Å². The predicted octanol–water partition coefficient (Wildman–Crippen LogP) is 0.812. The van der Waals surface area contributed by atoms with Gasteiger partial charge in [-0.05, 0) is 0 Å². The van der Waals surface area contributed by atoms with Crippen molar-refractivity contribution in [2.75, 3.05) is 25.6 Å². The molecule has 1 fully saturated rings. The van der Waals surface area contributed by atoms with Crippen LogP contribution in [0.2, 0.25) is 0 Å². The molecule has 0 unspecified atom stereocenters. The Hall–Kier alpha value is -1.89. The number of thioether (sulfide) groups is 1. The summed E-state index contributed by atoms with van der Waals surface area (Å²) in [4.78, 5) is 59.2. The molecule has 2 amide bonds. The quantitative estimate of drug-likeness (QED) is 0.289. The van der Waals surface area contributed by atoms with Gasteiger partial charge in [0.2, 0.25) is 3.79 Å². The van der Waals surface area contributed by atoms with Crippen LogP contribution in [0.15, 0.2) is 11.3 Å². The summed E-state index contributed by atoms with van der Waals surface area (Å²) in [5.41, 5.74) is -0.0286. The van der Waals surface area contributed by atoms with Crippen molar-refractivity contribution in [1.29, 1.82) is 0 Å². The van der Waals surface area contributed by atoms with E-state index in [0.29, 0.717) is 0 Å². The van der Waals surface area contributed by atoms with Crippen molar-refractivity contribution in [3.8, 4) is 0 Å². The highest BCUT2D eigenvalue weighted by Crippen LogP contribution is 2.40. The molecule has 15 heteroatoms. The third kappa shape index (κ3) is 6.30. The number of ether oxygens (including phenoxy) is 3. The number of carbonyl (C=O) groups excluding carboxylic acids is 4. The van der Waals surface area contributed by atoms with Gasteiger partial charge in [0.05, 0.1) is 0 Å². The summed E-state index contributed by atoms with van der Waals surface area (Å²) in [5.74, 6) is -3.26. The fraction of sp³-hybridized carbons (Fsp3) is 0.533. The third-order valence-electron chi connectivity index (χ3n) is 3.69. The second-order valence-electron chi connectivity index (χ2n) is 5.94. The highest BCUT2D eigenvalue weighted by Gasteiger charge is 2.54. The highest BCUT2D eigenvalue weighted by atomic mass is 35.6. The minimum atomic E-state index is -1.84. The molecule has 2 atom stereocenters. The second kappa shape index (κ2) is 9.94. The molecule has 2 rings (SSSR count). The Balaban J connectivity index is 1.91. The van der Waals surface area contributed by atoms with E-state index in [2.05, 4.69) is 14.8 Å². The lowest BCUT2D eigenvalue weighted by Gasteiger charge is -2.49. The number of hydrogen-bond acceptors (Lipinski definition) is 9. The van der Waals surface area contributed by atoms with Crippen LogP contribution in [-0.4, -0.2) is 80.7 Å². The number of β-lactam (4-membered cyclic amide) rings is 1. The van der Waals surface area contributed by atoms with Gasteiger partial charge in [-0.1, -0.05) is 34.8 Å². The highest BCUT2D eigenvalue weighted by molar-refractivity contribution is 8.00. The van der Waals surface area contributed by atoms with Crippen LogP contribution >= 0.6 is 46.6 Å². The molecule has 0 aromatic heterocycles. The van der Waals surface area contributed by atoms with Crippen molar-refractivity contribution in [3.63, 3.8) is 0 Å². The van der Waals surface area contributed by atoms with Crippen molar-refractivity contribution >= 4 is 76.5 Å². The maximum atomic E-state index is 12.4. The van der Waals surface area contributed by atoms with Crippen molar-refractivity contribution in [2.24, 2.45) is 0 Å². The molecule has 166 valence electrons. The van der Waals surface area contributed by atoms with Gasteiger partial charge < -0.3 is 24.6 Å². The van der Waals surface area contributed by atoms with E-state index in [0.717, 1.165) is 4.90 Å². The number of alkyl halides is 3. The number of nitrogens with one attached hydrogen (secondary N) is 1. The molecule has 11 nitrogen and oxygen atoms in total. The lowest BCUT2D eigenvalue weighted by atomic mass is 10.0. The molecule has 0 bridgehead atoms. The van der Waals surface area contributed by atoms with Gasteiger partial charge in [-0.2, -0.15) is 0 Å². The monoisotopic (exact) mass is 504 g/mol. The van der Waals surface area contributed by atoms with Gasteiger partial charge in [0, 0.05) is 18.2 Å². The Morgan fingerprint density at radius 1 is 1.23 bits per heavy atom. The topological polar surface area (TPSA) is 149 Å². The summed E-state index contributed by atoms with van der Waals surface area (Å²) in [5, 5.41) is 11.1. The maximum absolute atomic E-state index is 12.4. The summed E-state index contributed by atoms with van der Waals surface area (Å²) in [6, 6.07) is -1.02. The number of hydrogen-bond donors (Lipinski definition) is 2. The van der Waals surface area contributed by atoms with Crippen LogP contribution in [0.3, 0.4) is 0 Å². The molecule has 0 aromatic rings. The molecule has 2 heterocycles. The molecular formula is C15H15Cl3N2O9S. The van der Waals surface area contributed by atoms with Gasteiger partial charge in [0.25, 0.3) is 11.8 Å². The molecule has 0 spiro atoms. The number of amides is 2. The normalized spacial score (nSPS) is 20.7. The van der Waals surface area contributed by atoms with Gasteiger partial charge in [-0.3, -0.25) is 19.3 Å². The van der Waals surface area contributed by atoms with E-state index in [9.17, 15) is 29.1 Å². The van der Waals surface area contributed by atoms with Crippen molar-refractivity contribution in [1.82, 2.24) is 10.2 Å². The van der Waals surface area contributed by atoms with Crippen LogP contribution in [-0.2, 0) is 33.4 Å². The smallest absolute Gasteiger partial charge is 0.477 e. The Labute approximate surface area is 188 Å². The lowest BCUT2D eigenvalue weighted by Crippen LogP contribution is -2.70. The van der Waals surface area contributed by atoms with Gasteiger partial charge in [-0.25, -0.2) is 9.59 Å². The number of carboxylic acid groups (broad SMARTS) is 1. The maximum Gasteiger partial charge on any atom is 0.508 e. The number of carboxylic acids is 1. The number of esters is 1. The molecule has 2 aliphatic heterocycles. The van der Waals surface area contributed by atoms with E-state index >= 15 is 0 Å². The van der Waals surface area contributed by atoms with Gasteiger partial charge in [-0.15, -0.1) is 11.8 Å². The summed E-state index contributed by atoms with van der Waals surface area (Å²) in [6.45, 7) is -0.441. The van der Waals surface area contributed by atoms with E-state index in [-0.39, 0.29) is 23.6 Å². The summed E-state index contributed by atoms with van der Waals surface area (Å²) >= 11 is 17.4. The summed E-state index contributed by atoms with van der Waals surface area (Å²) in [7, 11) is 0.